The summed E-state index contributed by atoms with van der Waals surface area (Å²) >= 11 is 0. The van der Waals surface area contributed by atoms with Gasteiger partial charge in [-0.3, -0.25) is 14.9 Å². The van der Waals surface area contributed by atoms with Gasteiger partial charge in [-0.2, -0.15) is 0 Å². The molecule has 0 radical (unpaired) electrons. The molecule has 1 aliphatic heterocycles. The number of anilines is 3. The predicted octanol–water partition coefficient (Wildman–Crippen LogP) is 3.53. The Morgan fingerprint density at radius 2 is 2.04 bits per heavy atom. The zero-order chi connectivity index (χ0) is 18.1. The summed E-state index contributed by atoms with van der Waals surface area (Å²) in [5.74, 6) is -0.231. The number of carbonyl (C=O) groups is 1. The molecule has 2 aromatic rings. The third-order valence-corrected chi connectivity index (χ3v) is 4.16. The molecule has 0 unspecified atom stereocenters. The number of aryl methyl sites for hydroxylation is 1. The Morgan fingerprint density at radius 3 is 2.72 bits per heavy atom. The van der Waals surface area contributed by atoms with Crippen molar-refractivity contribution in [2.24, 2.45) is 0 Å². The van der Waals surface area contributed by atoms with E-state index in [1.54, 1.807) is 37.3 Å². The molecule has 0 aromatic heterocycles. The first-order valence-corrected chi connectivity index (χ1v) is 7.87. The van der Waals surface area contributed by atoms with Crippen LogP contribution in [0.5, 0.6) is 0 Å². The number of rotatable bonds is 4. The molecule has 3 rings (SSSR count). The Morgan fingerprint density at radius 1 is 1.28 bits per heavy atom. The van der Waals surface area contributed by atoms with E-state index in [4.69, 9.17) is 5.73 Å². The summed E-state index contributed by atoms with van der Waals surface area (Å²) in [5.41, 5.74) is 10.1. The Labute approximate surface area is 144 Å². The summed E-state index contributed by atoms with van der Waals surface area (Å²) in [4.78, 5) is 23.1. The van der Waals surface area contributed by atoms with Crippen LogP contribution in [0.4, 0.5) is 22.7 Å². The number of hydrogen-bond acceptors (Lipinski definition) is 5. The highest BCUT2D eigenvalue weighted by Gasteiger charge is 2.26. The molecule has 0 aliphatic carbocycles. The first kappa shape index (κ1) is 16.5. The lowest BCUT2D eigenvalue weighted by Gasteiger charge is -2.11. The maximum Gasteiger partial charge on any atom is 0.274 e. The van der Waals surface area contributed by atoms with Gasteiger partial charge in [-0.05, 0) is 37.6 Å². The van der Waals surface area contributed by atoms with Crippen LogP contribution in [-0.4, -0.2) is 10.8 Å². The largest absolute Gasteiger partial charge is 0.399 e. The van der Waals surface area contributed by atoms with Crippen LogP contribution in [0.15, 0.2) is 42.1 Å². The minimum Gasteiger partial charge on any atom is -0.399 e. The molecule has 0 atom stereocenters. The molecule has 7 nitrogen and oxygen atoms in total. The fourth-order valence-electron chi connectivity index (χ4n) is 2.95. The van der Waals surface area contributed by atoms with E-state index in [2.05, 4.69) is 10.6 Å². The minimum atomic E-state index is -0.398. The smallest absolute Gasteiger partial charge is 0.274 e. The van der Waals surface area contributed by atoms with Crippen LogP contribution in [0.1, 0.15) is 25.0 Å². The molecule has 2 aromatic carbocycles. The number of nitro benzene ring substituents is 1. The van der Waals surface area contributed by atoms with Gasteiger partial charge in [0.15, 0.2) is 0 Å². The molecular formula is C18H18N4O3. The molecule has 0 spiro atoms. The second-order valence-corrected chi connectivity index (χ2v) is 5.84. The topological polar surface area (TPSA) is 110 Å². The maximum atomic E-state index is 12.3. The normalized spacial score (nSPS) is 14.7. The van der Waals surface area contributed by atoms with E-state index in [9.17, 15) is 14.9 Å². The average Bonchev–Trinajstić information content (AvgIpc) is 2.89. The van der Waals surface area contributed by atoms with E-state index in [1.165, 1.54) is 6.07 Å². The molecule has 0 fully saturated rings. The number of nitro groups is 1. The lowest BCUT2D eigenvalue weighted by atomic mass is 10.0. The highest BCUT2D eigenvalue weighted by atomic mass is 16.6. The van der Waals surface area contributed by atoms with E-state index in [0.717, 1.165) is 5.56 Å². The van der Waals surface area contributed by atoms with Crippen LogP contribution >= 0.6 is 0 Å². The molecule has 1 heterocycles. The number of nitrogen functional groups attached to an aromatic ring is 1. The van der Waals surface area contributed by atoms with Crippen molar-refractivity contribution in [3.8, 4) is 0 Å². The zero-order valence-electron chi connectivity index (χ0n) is 13.9. The molecule has 1 aliphatic rings. The third kappa shape index (κ3) is 3.03. The Kier molecular flexibility index (Phi) is 4.14. The van der Waals surface area contributed by atoms with Gasteiger partial charge < -0.3 is 16.4 Å². The number of amides is 1. The van der Waals surface area contributed by atoms with E-state index < -0.39 is 4.92 Å². The molecule has 0 bridgehead atoms. The summed E-state index contributed by atoms with van der Waals surface area (Å²) in [5, 5.41) is 17.1. The van der Waals surface area contributed by atoms with Gasteiger partial charge in [0.25, 0.3) is 11.6 Å². The molecule has 1 amide bonds. The van der Waals surface area contributed by atoms with Gasteiger partial charge in [-0.25, -0.2) is 0 Å². The predicted molar refractivity (Wildman–Crippen MR) is 98.2 cm³/mol. The van der Waals surface area contributed by atoms with Crippen molar-refractivity contribution >= 4 is 34.2 Å². The Hall–Kier alpha value is -3.35. The number of carbonyl (C=O) groups excluding carboxylic acids is 1. The van der Waals surface area contributed by atoms with Crippen LogP contribution in [0.3, 0.4) is 0 Å². The van der Waals surface area contributed by atoms with Gasteiger partial charge in [0.05, 0.1) is 10.5 Å². The van der Waals surface area contributed by atoms with Crippen molar-refractivity contribution in [2.75, 3.05) is 16.4 Å². The average molecular weight is 338 g/mol. The van der Waals surface area contributed by atoms with Gasteiger partial charge in [0, 0.05) is 40.0 Å². The number of allylic oxidation sites excluding steroid dienone is 1. The van der Waals surface area contributed by atoms with Gasteiger partial charge in [-0.1, -0.05) is 13.0 Å². The summed E-state index contributed by atoms with van der Waals surface area (Å²) in [7, 11) is 0. The molecule has 0 saturated carbocycles. The number of nitrogens with zero attached hydrogens (tertiary/aromatic N) is 1. The van der Waals surface area contributed by atoms with Gasteiger partial charge >= 0.3 is 0 Å². The molecular weight excluding hydrogens is 320 g/mol. The van der Waals surface area contributed by atoms with Crippen molar-refractivity contribution < 1.29 is 9.72 Å². The molecule has 128 valence electrons. The summed E-state index contributed by atoms with van der Waals surface area (Å²) < 4.78 is 0. The molecule has 7 heteroatoms. The second kappa shape index (κ2) is 6.27. The van der Waals surface area contributed by atoms with Gasteiger partial charge in [-0.15, -0.1) is 0 Å². The second-order valence-electron chi connectivity index (χ2n) is 5.84. The number of benzene rings is 2. The highest BCUT2D eigenvalue weighted by molar-refractivity contribution is 6.32. The quantitative estimate of drug-likeness (QED) is 0.342. The monoisotopic (exact) mass is 338 g/mol. The van der Waals surface area contributed by atoms with Crippen LogP contribution in [-0.2, 0) is 11.2 Å². The first-order valence-electron chi connectivity index (χ1n) is 7.87. The van der Waals surface area contributed by atoms with Crippen molar-refractivity contribution in [1.29, 1.82) is 0 Å². The van der Waals surface area contributed by atoms with E-state index in [0.29, 0.717) is 40.3 Å². The number of nitrogens with one attached hydrogen (secondary N) is 2. The first-order chi connectivity index (χ1) is 11.9. The summed E-state index contributed by atoms with van der Waals surface area (Å²) in [6, 6.07) is 10.2. The molecule has 4 N–H and O–H groups in total. The van der Waals surface area contributed by atoms with Gasteiger partial charge in [0.2, 0.25) is 0 Å². The minimum absolute atomic E-state index is 0.0609. The highest BCUT2D eigenvalue weighted by Crippen LogP contribution is 2.35. The summed E-state index contributed by atoms with van der Waals surface area (Å²) in [6.07, 6.45) is 0.575. The number of hydrogen-bond donors (Lipinski definition) is 3. The fraction of sp³-hybridized carbons (Fsp3) is 0.167. The van der Waals surface area contributed by atoms with Crippen molar-refractivity contribution in [3.63, 3.8) is 0 Å². The van der Waals surface area contributed by atoms with E-state index >= 15 is 0 Å². The Balaban J connectivity index is 2.00. The fourth-order valence-corrected chi connectivity index (χ4v) is 2.95. The van der Waals surface area contributed by atoms with Crippen LogP contribution < -0.4 is 16.4 Å². The van der Waals surface area contributed by atoms with Crippen LogP contribution in [0.2, 0.25) is 0 Å². The summed E-state index contributed by atoms with van der Waals surface area (Å²) in [6.45, 7) is 3.62. The van der Waals surface area contributed by atoms with E-state index in [1.807, 2.05) is 6.92 Å². The lowest BCUT2D eigenvalue weighted by Crippen LogP contribution is -2.09. The Bertz CT molecular complexity index is 919. The maximum absolute atomic E-state index is 12.3. The van der Waals surface area contributed by atoms with E-state index in [-0.39, 0.29) is 11.6 Å². The zero-order valence-corrected chi connectivity index (χ0v) is 13.9. The number of fused-ring (bicyclic) bond motifs is 1. The third-order valence-electron chi connectivity index (χ3n) is 4.16. The van der Waals surface area contributed by atoms with Crippen LogP contribution in [0.25, 0.3) is 5.57 Å². The molecule has 0 saturated heterocycles. The SMILES string of the molecule is CCc1ccc(NC(C)=C2C(=O)Nc3ccc(N)cc32)cc1[N+](=O)[O-]. The lowest BCUT2D eigenvalue weighted by molar-refractivity contribution is -0.385. The van der Waals surface area contributed by atoms with Gasteiger partial charge in [0.1, 0.15) is 0 Å². The standard InChI is InChI=1S/C18H18N4O3/c1-3-11-4-6-13(9-16(11)22(24)25)20-10(2)17-14-8-12(19)5-7-15(14)21-18(17)23/h4-9,20H,3,19H2,1-2H3,(H,21,23). The van der Waals surface area contributed by atoms with Crippen molar-refractivity contribution in [3.05, 3.63) is 63.3 Å². The number of nitrogens with two attached hydrogens (primary N) is 1. The van der Waals surface area contributed by atoms with Crippen LogP contribution in [0, 0.1) is 10.1 Å². The van der Waals surface area contributed by atoms with Crippen molar-refractivity contribution in [1.82, 2.24) is 0 Å². The van der Waals surface area contributed by atoms with Crippen molar-refractivity contribution in [2.45, 2.75) is 20.3 Å². The molecule has 25 heavy (non-hydrogen) atoms.